The summed E-state index contributed by atoms with van der Waals surface area (Å²) in [6.45, 7) is 13.5. The molecule has 3 atom stereocenters. The van der Waals surface area contributed by atoms with Crippen LogP contribution in [0.3, 0.4) is 0 Å². The summed E-state index contributed by atoms with van der Waals surface area (Å²) in [5.41, 5.74) is 4.35. The van der Waals surface area contributed by atoms with Crippen molar-refractivity contribution in [2.45, 2.75) is 105 Å². The summed E-state index contributed by atoms with van der Waals surface area (Å²) in [5, 5.41) is 0. The lowest BCUT2D eigenvalue weighted by Gasteiger charge is -2.16. The van der Waals surface area contributed by atoms with Gasteiger partial charge in [0.25, 0.3) is 0 Å². The SMILES string of the molecule is CC(C)CCCC(C)CCCC(C)CCCC(C)CCONCc1ccccc1. The number of rotatable bonds is 18. The van der Waals surface area contributed by atoms with Gasteiger partial charge in [0.2, 0.25) is 0 Å². The Morgan fingerprint density at radius 3 is 1.66 bits per heavy atom. The van der Waals surface area contributed by atoms with Gasteiger partial charge in [0, 0.05) is 6.54 Å². The molecule has 1 aromatic carbocycles. The zero-order chi connectivity index (χ0) is 21.3. The van der Waals surface area contributed by atoms with Crippen LogP contribution in [0.15, 0.2) is 30.3 Å². The van der Waals surface area contributed by atoms with Crippen LogP contribution in [-0.2, 0) is 11.4 Å². The summed E-state index contributed by atoms with van der Waals surface area (Å²) in [4.78, 5) is 5.60. The standard InChI is InChI=1S/C27H49NO/c1-23(2)12-9-13-24(3)14-10-15-25(4)16-11-17-26(5)20-21-29-28-22-27-18-7-6-8-19-27/h6-8,18-19,23-26,28H,9-17,20-22H2,1-5H3. The largest absolute Gasteiger partial charge is 0.301 e. The minimum absolute atomic E-state index is 0.752. The third-order valence-corrected chi connectivity index (χ3v) is 6.20. The van der Waals surface area contributed by atoms with E-state index < -0.39 is 0 Å². The third-order valence-electron chi connectivity index (χ3n) is 6.20. The smallest absolute Gasteiger partial charge is 0.0684 e. The Kier molecular flexibility index (Phi) is 15.2. The molecule has 0 fully saturated rings. The summed E-state index contributed by atoms with van der Waals surface area (Å²) >= 11 is 0. The summed E-state index contributed by atoms with van der Waals surface area (Å²) in [6.07, 6.45) is 13.7. The lowest BCUT2D eigenvalue weighted by molar-refractivity contribution is 0.0285. The van der Waals surface area contributed by atoms with Gasteiger partial charge in [-0.1, -0.05) is 123 Å². The highest BCUT2D eigenvalue weighted by Crippen LogP contribution is 2.22. The van der Waals surface area contributed by atoms with E-state index in [-0.39, 0.29) is 0 Å². The molecule has 2 nitrogen and oxygen atoms in total. The van der Waals surface area contributed by atoms with Gasteiger partial charge in [-0.2, -0.15) is 5.48 Å². The molecule has 2 heteroatoms. The van der Waals surface area contributed by atoms with Crippen LogP contribution in [0.25, 0.3) is 0 Å². The maximum Gasteiger partial charge on any atom is 0.0684 e. The molecule has 1 rings (SSSR count). The van der Waals surface area contributed by atoms with Crippen LogP contribution in [0.4, 0.5) is 0 Å². The highest BCUT2D eigenvalue weighted by molar-refractivity contribution is 5.13. The summed E-state index contributed by atoms with van der Waals surface area (Å²) in [5.74, 6) is 3.41. The predicted molar refractivity (Wildman–Crippen MR) is 128 cm³/mol. The summed E-state index contributed by atoms with van der Waals surface area (Å²) in [7, 11) is 0. The Hall–Kier alpha value is -0.860. The minimum atomic E-state index is 0.752. The summed E-state index contributed by atoms with van der Waals surface area (Å²) in [6, 6.07) is 10.4. The first kappa shape index (κ1) is 26.2. The highest BCUT2D eigenvalue weighted by Gasteiger charge is 2.08. The van der Waals surface area contributed by atoms with Gasteiger partial charge in [0.05, 0.1) is 6.61 Å². The fourth-order valence-electron chi connectivity index (χ4n) is 4.00. The second-order valence-electron chi connectivity index (χ2n) is 9.95. The second-order valence-corrected chi connectivity index (χ2v) is 9.95. The molecule has 29 heavy (non-hydrogen) atoms. The van der Waals surface area contributed by atoms with Gasteiger partial charge in [-0.3, -0.25) is 0 Å². The number of hydroxylamine groups is 1. The van der Waals surface area contributed by atoms with E-state index in [2.05, 4.69) is 64.4 Å². The molecule has 0 bridgehead atoms. The van der Waals surface area contributed by atoms with Crippen molar-refractivity contribution in [1.82, 2.24) is 5.48 Å². The van der Waals surface area contributed by atoms with Gasteiger partial charge < -0.3 is 4.84 Å². The molecule has 0 heterocycles. The van der Waals surface area contributed by atoms with E-state index in [1.54, 1.807) is 0 Å². The third kappa shape index (κ3) is 15.6. The molecule has 0 aliphatic heterocycles. The number of hydrogen-bond acceptors (Lipinski definition) is 2. The Morgan fingerprint density at radius 2 is 1.14 bits per heavy atom. The molecule has 168 valence electrons. The molecule has 0 spiro atoms. The second kappa shape index (κ2) is 16.9. The molecule has 0 saturated heterocycles. The molecule has 3 unspecified atom stereocenters. The van der Waals surface area contributed by atoms with Gasteiger partial charge in [-0.05, 0) is 35.7 Å². The molecule has 0 amide bonds. The van der Waals surface area contributed by atoms with E-state index in [4.69, 9.17) is 4.84 Å². The Morgan fingerprint density at radius 1 is 0.655 bits per heavy atom. The molecule has 0 aliphatic rings. The van der Waals surface area contributed by atoms with Crippen molar-refractivity contribution in [3.05, 3.63) is 35.9 Å². The molecular weight excluding hydrogens is 354 g/mol. The Labute approximate surface area is 182 Å². The van der Waals surface area contributed by atoms with E-state index in [0.29, 0.717) is 0 Å². The van der Waals surface area contributed by atoms with Gasteiger partial charge in [0.15, 0.2) is 0 Å². The van der Waals surface area contributed by atoms with Crippen LogP contribution < -0.4 is 5.48 Å². The van der Waals surface area contributed by atoms with E-state index in [0.717, 1.165) is 43.2 Å². The molecule has 1 aromatic rings. The van der Waals surface area contributed by atoms with Crippen LogP contribution in [0.2, 0.25) is 0 Å². The van der Waals surface area contributed by atoms with E-state index in [9.17, 15) is 0 Å². The monoisotopic (exact) mass is 403 g/mol. The van der Waals surface area contributed by atoms with Gasteiger partial charge >= 0.3 is 0 Å². The minimum Gasteiger partial charge on any atom is -0.301 e. The zero-order valence-corrected chi connectivity index (χ0v) is 20.1. The maximum absolute atomic E-state index is 5.60. The average molecular weight is 404 g/mol. The van der Waals surface area contributed by atoms with Crippen molar-refractivity contribution in [1.29, 1.82) is 0 Å². The topological polar surface area (TPSA) is 21.3 Å². The Balaban J connectivity index is 1.92. The van der Waals surface area contributed by atoms with E-state index in [1.165, 1.54) is 63.4 Å². The fraction of sp³-hybridized carbons (Fsp3) is 0.778. The molecule has 0 aliphatic carbocycles. The lowest BCUT2D eigenvalue weighted by Crippen LogP contribution is -2.16. The first-order chi connectivity index (χ1) is 14.0. The lowest BCUT2D eigenvalue weighted by atomic mass is 9.91. The maximum atomic E-state index is 5.60. The van der Waals surface area contributed by atoms with Crippen LogP contribution in [0, 0.1) is 23.7 Å². The van der Waals surface area contributed by atoms with Crippen molar-refractivity contribution in [2.75, 3.05) is 6.61 Å². The van der Waals surface area contributed by atoms with Crippen molar-refractivity contribution in [3.8, 4) is 0 Å². The van der Waals surface area contributed by atoms with Crippen LogP contribution >= 0.6 is 0 Å². The normalized spacial score (nSPS) is 14.8. The van der Waals surface area contributed by atoms with Crippen LogP contribution in [-0.4, -0.2) is 6.61 Å². The van der Waals surface area contributed by atoms with Crippen molar-refractivity contribution in [2.24, 2.45) is 23.7 Å². The predicted octanol–water partition coefficient (Wildman–Crippen LogP) is 8.17. The average Bonchev–Trinajstić information content (AvgIpc) is 2.68. The van der Waals surface area contributed by atoms with Crippen LogP contribution in [0.1, 0.15) is 104 Å². The Bertz CT molecular complexity index is 473. The molecular formula is C27H49NO. The molecule has 0 radical (unpaired) electrons. The first-order valence-corrected chi connectivity index (χ1v) is 12.4. The quantitative estimate of drug-likeness (QED) is 0.197. The molecule has 1 N–H and O–H groups in total. The number of nitrogens with one attached hydrogen (secondary N) is 1. The summed E-state index contributed by atoms with van der Waals surface area (Å²) < 4.78 is 0. The van der Waals surface area contributed by atoms with E-state index in [1.807, 2.05) is 6.07 Å². The van der Waals surface area contributed by atoms with Crippen LogP contribution in [0.5, 0.6) is 0 Å². The van der Waals surface area contributed by atoms with Crippen molar-refractivity contribution in [3.63, 3.8) is 0 Å². The molecule has 0 saturated carbocycles. The fourth-order valence-corrected chi connectivity index (χ4v) is 4.00. The van der Waals surface area contributed by atoms with Crippen molar-refractivity contribution >= 4 is 0 Å². The van der Waals surface area contributed by atoms with Gasteiger partial charge in [0.1, 0.15) is 0 Å². The van der Waals surface area contributed by atoms with E-state index >= 15 is 0 Å². The zero-order valence-electron chi connectivity index (χ0n) is 20.1. The number of hydrogen-bond donors (Lipinski definition) is 1. The highest BCUT2D eigenvalue weighted by atomic mass is 16.6. The molecule has 0 aromatic heterocycles. The van der Waals surface area contributed by atoms with Gasteiger partial charge in [-0.15, -0.1) is 0 Å². The number of benzene rings is 1. The van der Waals surface area contributed by atoms with Crippen molar-refractivity contribution < 1.29 is 4.84 Å². The van der Waals surface area contributed by atoms with Gasteiger partial charge in [-0.25, -0.2) is 0 Å². The first-order valence-electron chi connectivity index (χ1n) is 12.4.